The summed E-state index contributed by atoms with van der Waals surface area (Å²) in [5.74, 6) is 1.65. The minimum absolute atomic E-state index is 0.0501. The summed E-state index contributed by atoms with van der Waals surface area (Å²) < 4.78 is 6.02. The van der Waals surface area contributed by atoms with Crippen LogP contribution in [0.3, 0.4) is 0 Å². The van der Waals surface area contributed by atoms with Gasteiger partial charge in [0.05, 0.1) is 12.0 Å². The largest absolute Gasteiger partial charge is 0.489 e. The summed E-state index contributed by atoms with van der Waals surface area (Å²) in [6.07, 6.45) is 4.42. The van der Waals surface area contributed by atoms with E-state index in [9.17, 15) is 5.26 Å². The number of nitriles is 1. The second-order valence-electron chi connectivity index (χ2n) is 5.29. The molecular weight excluding hydrogens is 222 g/mol. The van der Waals surface area contributed by atoms with Gasteiger partial charge in [0.1, 0.15) is 11.9 Å². The number of nitrogens with zero attached hydrogens (tertiary/aromatic N) is 1. The molecule has 0 amide bonds. The monoisotopic (exact) mass is 243 g/mol. The van der Waals surface area contributed by atoms with Crippen LogP contribution in [0.5, 0.6) is 5.75 Å². The van der Waals surface area contributed by atoms with E-state index in [4.69, 9.17) is 4.74 Å². The molecule has 0 aliphatic heterocycles. The molecule has 1 aromatic carbocycles. The Morgan fingerprint density at radius 2 is 2.00 bits per heavy atom. The first-order valence-electron chi connectivity index (χ1n) is 6.86. The third-order valence-electron chi connectivity index (χ3n) is 3.95. The maximum Gasteiger partial charge on any atom is 0.119 e. The molecule has 0 bridgehead atoms. The van der Waals surface area contributed by atoms with Crippen LogP contribution in [-0.4, -0.2) is 6.10 Å². The van der Waals surface area contributed by atoms with Crippen molar-refractivity contribution in [3.8, 4) is 11.8 Å². The highest BCUT2D eigenvalue weighted by Gasteiger charge is 2.31. The molecule has 0 heterocycles. The van der Waals surface area contributed by atoms with Gasteiger partial charge in [-0.2, -0.15) is 5.26 Å². The van der Waals surface area contributed by atoms with Gasteiger partial charge in [0, 0.05) is 0 Å². The fraction of sp³-hybridized carbons (Fsp3) is 0.562. The van der Waals surface area contributed by atoms with E-state index in [0.717, 1.165) is 18.6 Å². The minimum atomic E-state index is 0.0501. The number of hydrogen-bond donors (Lipinski definition) is 0. The summed E-state index contributed by atoms with van der Waals surface area (Å²) >= 11 is 0. The summed E-state index contributed by atoms with van der Waals surface area (Å²) in [4.78, 5) is 0. The summed E-state index contributed by atoms with van der Waals surface area (Å²) in [5, 5.41) is 9.21. The zero-order chi connectivity index (χ0) is 13.0. The van der Waals surface area contributed by atoms with Crippen molar-refractivity contribution < 1.29 is 4.74 Å². The van der Waals surface area contributed by atoms with Crippen LogP contribution >= 0.6 is 0 Å². The smallest absolute Gasteiger partial charge is 0.119 e. The molecule has 0 aromatic heterocycles. The Bertz CT molecular complexity index is 418. The molecule has 1 aliphatic rings. The van der Waals surface area contributed by atoms with Gasteiger partial charge in [-0.25, -0.2) is 0 Å². The summed E-state index contributed by atoms with van der Waals surface area (Å²) in [7, 11) is 0. The Kier molecular flexibility index (Phi) is 4.25. The van der Waals surface area contributed by atoms with E-state index in [2.05, 4.69) is 32.0 Å². The van der Waals surface area contributed by atoms with E-state index >= 15 is 0 Å². The summed E-state index contributed by atoms with van der Waals surface area (Å²) in [6, 6.07) is 10.5. The van der Waals surface area contributed by atoms with Gasteiger partial charge >= 0.3 is 0 Å². The zero-order valence-electron chi connectivity index (χ0n) is 11.2. The minimum Gasteiger partial charge on any atom is -0.489 e. The Morgan fingerprint density at radius 3 is 2.61 bits per heavy atom. The van der Waals surface area contributed by atoms with Crippen molar-refractivity contribution in [1.29, 1.82) is 5.26 Å². The van der Waals surface area contributed by atoms with Crippen LogP contribution in [-0.2, 0) is 0 Å². The van der Waals surface area contributed by atoms with Crippen LogP contribution in [0.25, 0.3) is 0 Å². The molecule has 2 nitrogen and oxygen atoms in total. The van der Waals surface area contributed by atoms with Crippen LogP contribution in [0.2, 0.25) is 0 Å². The first kappa shape index (κ1) is 13.0. The van der Waals surface area contributed by atoms with Crippen LogP contribution in [0.15, 0.2) is 24.3 Å². The quantitative estimate of drug-likeness (QED) is 0.801. The van der Waals surface area contributed by atoms with E-state index in [1.807, 2.05) is 12.1 Å². The molecule has 1 aromatic rings. The van der Waals surface area contributed by atoms with Crippen molar-refractivity contribution in [2.45, 2.75) is 45.6 Å². The lowest BCUT2D eigenvalue weighted by Gasteiger charge is -2.32. The van der Waals surface area contributed by atoms with E-state index in [0.29, 0.717) is 5.92 Å². The predicted octanol–water partition coefficient (Wildman–Crippen LogP) is 4.09. The van der Waals surface area contributed by atoms with Crippen molar-refractivity contribution in [1.82, 2.24) is 0 Å². The van der Waals surface area contributed by atoms with Crippen molar-refractivity contribution in [3.63, 3.8) is 0 Å². The molecule has 3 unspecified atom stereocenters. The molecule has 1 aliphatic carbocycles. The second-order valence-corrected chi connectivity index (χ2v) is 5.29. The molecule has 1 fully saturated rings. The van der Waals surface area contributed by atoms with Gasteiger partial charge in [-0.3, -0.25) is 0 Å². The van der Waals surface area contributed by atoms with Crippen LogP contribution in [0, 0.1) is 30.1 Å². The molecule has 2 rings (SSSR count). The topological polar surface area (TPSA) is 33.0 Å². The first-order valence-corrected chi connectivity index (χ1v) is 6.86. The highest BCUT2D eigenvalue weighted by atomic mass is 16.5. The first-order chi connectivity index (χ1) is 8.72. The Hall–Kier alpha value is -1.49. The lowest BCUT2D eigenvalue weighted by atomic mass is 9.79. The van der Waals surface area contributed by atoms with E-state index in [-0.39, 0.29) is 12.0 Å². The van der Waals surface area contributed by atoms with Gasteiger partial charge < -0.3 is 4.74 Å². The second kappa shape index (κ2) is 5.91. The highest BCUT2D eigenvalue weighted by Crippen LogP contribution is 2.33. The number of ether oxygens (including phenoxy) is 1. The fourth-order valence-corrected chi connectivity index (χ4v) is 2.65. The number of rotatable bonds is 3. The summed E-state index contributed by atoms with van der Waals surface area (Å²) in [5.41, 5.74) is 1.23. The standard InChI is InChI=1S/C16H21NO/c1-3-13-6-7-14(11-17)16(10-13)18-15-8-4-12(2)5-9-15/h4-5,8-9,13-14,16H,3,6-7,10H2,1-2H3. The lowest BCUT2D eigenvalue weighted by Crippen LogP contribution is -2.33. The van der Waals surface area contributed by atoms with Gasteiger partial charge in [-0.05, 0) is 44.2 Å². The highest BCUT2D eigenvalue weighted by molar-refractivity contribution is 5.26. The third-order valence-corrected chi connectivity index (χ3v) is 3.95. The van der Waals surface area contributed by atoms with Gasteiger partial charge in [0.15, 0.2) is 0 Å². The van der Waals surface area contributed by atoms with Gasteiger partial charge in [0.2, 0.25) is 0 Å². The van der Waals surface area contributed by atoms with Gasteiger partial charge in [-0.15, -0.1) is 0 Å². The molecule has 96 valence electrons. The van der Waals surface area contributed by atoms with E-state index in [1.165, 1.54) is 18.4 Å². The Balaban J connectivity index is 2.05. The zero-order valence-corrected chi connectivity index (χ0v) is 11.2. The number of aryl methyl sites for hydroxylation is 1. The maximum atomic E-state index is 9.21. The molecule has 18 heavy (non-hydrogen) atoms. The van der Waals surface area contributed by atoms with Crippen molar-refractivity contribution >= 4 is 0 Å². The predicted molar refractivity (Wildman–Crippen MR) is 72.3 cm³/mol. The van der Waals surface area contributed by atoms with Crippen molar-refractivity contribution in [2.24, 2.45) is 11.8 Å². The molecule has 1 saturated carbocycles. The molecule has 3 atom stereocenters. The average molecular weight is 243 g/mol. The SMILES string of the molecule is CCC1CCC(C#N)C(Oc2ccc(C)cc2)C1. The number of benzene rings is 1. The molecule has 0 radical (unpaired) electrons. The van der Waals surface area contributed by atoms with Crippen LogP contribution in [0.4, 0.5) is 0 Å². The normalized spacial score (nSPS) is 27.5. The van der Waals surface area contributed by atoms with Crippen molar-refractivity contribution in [3.05, 3.63) is 29.8 Å². The Labute approximate surface area is 110 Å². The number of hydrogen-bond acceptors (Lipinski definition) is 2. The van der Waals surface area contributed by atoms with E-state index in [1.54, 1.807) is 0 Å². The lowest BCUT2D eigenvalue weighted by molar-refractivity contribution is 0.0893. The molecule has 0 spiro atoms. The molecule has 0 N–H and O–H groups in total. The molecular formula is C16H21NO. The van der Waals surface area contributed by atoms with Crippen molar-refractivity contribution in [2.75, 3.05) is 0 Å². The van der Waals surface area contributed by atoms with E-state index < -0.39 is 0 Å². The summed E-state index contributed by atoms with van der Waals surface area (Å²) in [6.45, 7) is 4.29. The van der Waals surface area contributed by atoms with Gasteiger partial charge in [0.25, 0.3) is 0 Å². The third kappa shape index (κ3) is 3.04. The molecule has 2 heteroatoms. The van der Waals surface area contributed by atoms with Crippen LogP contribution < -0.4 is 4.74 Å². The Morgan fingerprint density at radius 1 is 1.28 bits per heavy atom. The maximum absolute atomic E-state index is 9.21. The fourth-order valence-electron chi connectivity index (χ4n) is 2.65. The average Bonchev–Trinajstić information content (AvgIpc) is 2.41. The molecule has 0 saturated heterocycles. The van der Waals surface area contributed by atoms with Gasteiger partial charge in [-0.1, -0.05) is 31.0 Å². The van der Waals surface area contributed by atoms with Crippen LogP contribution in [0.1, 0.15) is 38.2 Å².